The van der Waals surface area contributed by atoms with Crippen molar-refractivity contribution in [2.45, 2.75) is 24.4 Å². The van der Waals surface area contributed by atoms with Gasteiger partial charge < -0.3 is 25.7 Å². The molecule has 0 aromatic carbocycles. The summed E-state index contributed by atoms with van der Waals surface area (Å²) in [6.45, 7) is -0.162. The number of hydrogen-bond acceptors (Lipinski definition) is 5. The number of aliphatic hydroxyl groups excluding tert-OH is 4. The molecule has 0 aliphatic carbocycles. The highest BCUT2D eigenvalue weighted by Crippen LogP contribution is 2.10. The lowest BCUT2D eigenvalue weighted by Gasteiger charge is -2.19. The van der Waals surface area contributed by atoms with Crippen molar-refractivity contribution in [1.29, 1.82) is 0 Å². The van der Waals surface area contributed by atoms with Crippen molar-refractivity contribution in [2.75, 3.05) is 13.2 Å². The van der Waals surface area contributed by atoms with E-state index in [1.165, 1.54) is 0 Å². The molecule has 0 amide bonds. The molecule has 0 radical (unpaired) electrons. The zero-order chi connectivity index (χ0) is 8.43. The van der Waals surface area contributed by atoms with E-state index in [0.29, 0.717) is 0 Å². The summed E-state index contributed by atoms with van der Waals surface area (Å²) in [6, 6.07) is -0.616. The van der Waals surface area contributed by atoms with Gasteiger partial charge in [0.2, 0.25) is 0 Å². The molecule has 0 spiro atoms. The van der Waals surface area contributed by atoms with Gasteiger partial charge in [0.25, 0.3) is 0 Å². The van der Waals surface area contributed by atoms with Crippen molar-refractivity contribution in [1.82, 2.24) is 5.32 Å². The first kappa shape index (κ1) is 8.89. The summed E-state index contributed by atoms with van der Waals surface area (Å²) >= 11 is 0. The molecular formula is C6H13NO4. The Kier molecular flexibility index (Phi) is 2.80. The molecule has 5 heteroatoms. The smallest absolute Gasteiger partial charge is 0.0990 e. The Balaban J connectivity index is 2.47. The fourth-order valence-electron chi connectivity index (χ4n) is 1.21. The molecule has 1 aliphatic heterocycles. The van der Waals surface area contributed by atoms with Crippen LogP contribution in [0.2, 0.25) is 0 Å². The predicted octanol–water partition coefficient (Wildman–Crippen LogP) is -2.97. The molecule has 4 atom stereocenters. The van der Waals surface area contributed by atoms with E-state index >= 15 is 0 Å². The Labute approximate surface area is 64.3 Å². The van der Waals surface area contributed by atoms with Crippen molar-refractivity contribution in [2.24, 2.45) is 0 Å². The number of hydrogen-bond donors (Lipinski definition) is 5. The zero-order valence-corrected chi connectivity index (χ0v) is 6.01. The number of rotatable bonds is 2. The highest BCUT2D eigenvalue weighted by atomic mass is 16.3. The van der Waals surface area contributed by atoms with Crippen LogP contribution in [0.5, 0.6) is 0 Å². The van der Waals surface area contributed by atoms with Gasteiger partial charge in [-0.3, -0.25) is 0 Å². The normalized spacial score (nSPS) is 40.9. The van der Waals surface area contributed by atoms with Crippen molar-refractivity contribution in [3.63, 3.8) is 0 Å². The first-order valence-electron chi connectivity index (χ1n) is 3.55. The maximum atomic E-state index is 9.18. The van der Waals surface area contributed by atoms with Crippen LogP contribution in [-0.2, 0) is 0 Å². The lowest BCUT2D eigenvalue weighted by molar-refractivity contribution is -0.00977. The van der Waals surface area contributed by atoms with Crippen LogP contribution in [0.1, 0.15) is 0 Å². The van der Waals surface area contributed by atoms with Crippen LogP contribution in [0.25, 0.3) is 0 Å². The van der Waals surface area contributed by atoms with Crippen molar-refractivity contribution in [3.05, 3.63) is 0 Å². The molecule has 0 aromatic heterocycles. The average molecular weight is 163 g/mol. The molecule has 1 rings (SSSR count). The minimum absolute atomic E-state index is 0.253. The maximum absolute atomic E-state index is 9.18. The van der Waals surface area contributed by atoms with E-state index in [0.717, 1.165) is 0 Å². The van der Waals surface area contributed by atoms with Gasteiger partial charge in [-0.05, 0) is 0 Å². The van der Waals surface area contributed by atoms with Gasteiger partial charge in [0.1, 0.15) is 0 Å². The molecule has 0 bridgehead atoms. The first-order valence-corrected chi connectivity index (χ1v) is 3.55. The fraction of sp³-hybridized carbons (Fsp3) is 1.00. The van der Waals surface area contributed by atoms with Gasteiger partial charge in [-0.1, -0.05) is 0 Å². The Hall–Kier alpha value is -0.200. The molecule has 66 valence electrons. The fourth-order valence-corrected chi connectivity index (χ4v) is 1.21. The van der Waals surface area contributed by atoms with Crippen molar-refractivity contribution in [3.8, 4) is 0 Å². The van der Waals surface area contributed by atoms with E-state index in [4.69, 9.17) is 15.3 Å². The van der Waals surface area contributed by atoms with Gasteiger partial charge in [-0.2, -0.15) is 0 Å². The van der Waals surface area contributed by atoms with Crippen LogP contribution in [0, 0.1) is 0 Å². The highest BCUT2D eigenvalue weighted by molar-refractivity contribution is 4.94. The number of β-amino-alcohol motifs (C(OH)–C–C–N with tert-alkyl or cyclic N) is 1. The van der Waals surface area contributed by atoms with Gasteiger partial charge in [0, 0.05) is 6.54 Å². The van der Waals surface area contributed by atoms with E-state index in [2.05, 4.69) is 5.32 Å². The predicted molar refractivity (Wildman–Crippen MR) is 36.9 cm³/mol. The van der Waals surface area contributed by atoms with Gasteiger partial charge in [-0.15, -0.1) is 0 Å². The molecule has 1 unspecified atom stereocenters. The summed E-state index contributed by atoms with van der Waals surface area (Å²) < 4.78 is 0. The van der Waals surface area contributed by atoms with E-state index < -0.39 is 31.0 Å². The third-order valence-corrected chi connectivity index (χ3v) is 1.93. The maximum Gasteiger partial charge on any atom is 0.0990 e. The molecule has 0 saturated carbocycles. The second-order valence-corrected chi connectivity index (χ2v) is 2.74. The van der Waals surface area contributed by atoms with Crippen LogP contribution in [0.15, 0.2) is 0 Å². The Morgan fingerprint density at radius 3 is 2.45 bits per heavy atom. The van der Waals surface area contributed by atoms with Gasteiger partial charge >= 0.3 is 0 Å². The van der Waals surface area contributed by atoms with Crippen molar-refractivity contribution >= 4 is 0 Å². The summed E-state index contributed by atoms with van der Waals surface area (Å²) in [5.41, 5.74) is 0. The molecule has 5 N–H and O–H groups in total. The first-order chi connectivity index (χ1) is 5.16. The molecular weight excluding hydrogens is 150 g/mol. The SMILES string of the molecule is OC[C@@H](O)[C@H]1NCC(O)[C@H]1O. The van der Waals surface area contributed by atoms with E-state index in [1.54, 1.807) is 0 Å². The molecule has 0 aromatic rings. The van der Waals surface area contributed by atoms with Crippen molar-refractivity contribution < 1.29 is 20.4 Å². The van der Waals surface area contributed by atoms with Crippen LogP contribution >= 0.6 is 0 Å². The topological polar surface area (TPSA) is 93.0 Å². The van der Waals surface area contributed by atoms with Gasteiger partial charge in [0.15, 0.2) is 0 Å². The summed E-state index contributed by atoms with van der Waals surface area (Å²) in [5, 5.41) is 38.5. The molecule has 1 heterocycles. The molecule has 5 nitrogen and oxygen atoms in total. The Morgan fingerprint density at radius 2 is 2.09 bits per heavy atom. The minimum Gasteiger partial charge on any atom is -0.394 e. The third-order valence-electron chi connectivity index (χ3n) is 1.93. The highest BCUT2D eigenvalue weighted by Gasteiger charge is 2.36. The van der Waals surface area contributed by atoms with Crippen LogP contribution in [-0.4, -0.2) is 57.9 Å². The van der Waals surface area contributed by atoms with Crippen LogP contribution in [0.4, 0.5) is 0 Å². The second kappa shape index (κ2) is 3.46. The lowest BCUT2D eigenvalue weighted by atomic mass is 10.1. The Morgan fingerprint density at radius 1 is 1.45 bits per heavy atom. The zero-order valence-electron chi connectivity index (χ0n) is 6.01. The minimum atomic E-state index is -1.01. The molecule has 1 aliphatic rings. The summed E-state index contributed by atoms with van der Waals surface area (Å²) in [4.78, 5) is 0. The number of aliphatic hydroxyl groups is 4. The average Bonchev–Trinajstić information content (AvgIpc) is 2.32. The summed E-state index contributed by atoms with van der Waals surface area (Å²) in [7, 11) is 0. The lowest BCUT2D eigenvalue weighted by Crippen LogP contribution is -2.44. The standard InChI is InChI=1S/C6H13NO4/c8-2-4(10)5-6(11)3(9)1-7-5/h3-11H,1-2H2/t3?,4-,5-,6-/m1/s1. The Bertz CT molecular complexity index is 132. The van der Waals surface area contributed by atoms with Gasteiger partial charge in [-0.25, -0.2) is 0 Å². The molecule has 1 fully saturated rings. The molecule has 1 saturated heterocycles. The van der Waals surface area contributed by atoms with Gasteiger partial charge in [0.05, 0.1) is 31.0 Å². The number of nitrogens with one attached hydrogen (secondary N) is 1. The van der Waals surface area contributed by atoms with E-state index in [-0.39, 0.29) is 6.54 Å². The summed E-state index contributed by atoms with van der Waals surface area (Å²) in [5.74, 6) is 0. The largest absolute Gasteiger partial charge is 0.394 e. The summed E-state index contributed by atoms with van der Waals surface area (Å²) in [6.07, 6.45) is -2.85. The van der Waals surface area contributed by atoms with Crippen LogP contribution in [0.3, 0.4) is 0 Å². The third kappa shape index (κ3) is 1.69. The molecule has 11 heavy (non-hydrogen) atoms. The monoisotopic (exact) mass is 163 g/mol. The second-order valence-electron chi connectivity index (χ2n) is 2.74. The van der Waals surface area contributed by atoms with E-state index in [1.807, 2.05) is 0 Å². The van der Waals surface area contributed by atoms with Crippen LogP contribution < -0.4 is 5.32 Å². The van der Waals surface area contributed by atoms with E-state index in [9.17, 15) is 5.11 Å². The quantitative estimate of drug-likeness (QED) is 0.300.